The molecule has 14 heavy (non-hydrogen) atoms. The summed E-state index contributed by atoms with van der Waals surface area (Å²) in [5.74, 6) is 0. The molecule has 0 saturated carbocycles. The van der Waals surface area contributed by atoms with Crippen LogP contribution in [0.5, 0.6) is 0 Å². The van der Waals surface area contributed by atoms with Gasteiger partial charge < -0.3 is 9.53 Å². The summed E-state index contributed by atoms with van der Waals surface area (Å²) < 4.78 is 5.92. The van der Waals surface area contributed by atoms with Gasteiger partial charge in [0.25, 0.3) is 0 Å². The first-order valence-corrected chi connectivity index (χ1v) is 8.02. The van der Waals surface area contributed by atoms with E-state index in [9.17, 15) is 0 Å². The van der Waals surface area contributed by atoms with Gasteiger partial charge in [0.2, 0.25) is 0 Å². The third-order valence-electron chi connectivity index (χ3n) is 2.93. The minimum Gasteiger partial charge on any atom is -0.413 e. The summed E-state index contributed by atoms with van der Waals surface area (Å²) in [5.41, 5.74) is 0.976. The summed E-state index contributed by atoms with van der Waals surface area (Å²) in [6.07, 6.45) is 1.96. The summed E-state index contributed by atoms with van der Waals surface area (Å²) in [7, 11) is -1.61. The van der Waals surface area contributed by atoms with Crippen molar-refractivity contribution in [3.63, 3.8) is 0 Å². The van der Waals surface area contributed by atoms with Gasteiger partial charge in [0, 0.05) is 0 Å². The third-order valence-corrected chi connectivity index (χ3v) is 7.43. The van der Waals surface area contributed by atoms with Crippen molar-refractivity contribution < 1.29 is 9.53 Å². The summed E-state index contributed by atoms with van der Waals surface area (Å²) in [6.45, 7) is 13.8. The van der Waals surface area contributed by atoms with Crippen LogP contribution in [0.25, 0.3) is 0 Å². The first-order chi connectivity index (χ1) is 6.20. The molecule has 0 unspecified atom stereocenters. The van der Waals surface area contributed by atoms with E-state index in [4.69, 9.17) is 9.53 Å². The van der Waals surface area contributed by atoms with Gasteiger partial charge >= 0.3 is 0 Å². The Labute approximate surface area is 89.1 Å². The smallest absolute Gasteiger partial charge is 0.192 e. The molecule has 0 amide bonds. The summed E-state index contributed by atoms with van der Waals surface area (Å²) in [5, 5.41) is 9.07. The quantitative estimate of drug-likeness (QED) is 0.578. The average molecular weight is 216 g/mol. The Hall–Kier alpha value is -0.123. The maximum Gasteiger partial charge on any atom is 0.192 e. The van der Waals surface area contributed by atoms with Crippen molar-refractivity contribution in [2.75, 3.05) is 13.2 Å². The van der Waals surface area contributed by atoms with Gasteiger partial charge in [-0.25, -0.2) is 0 Å². The van der Waals surface area contributed by atoms with Gasteiger partial charge in [0.15, 0.2) is 8.32 Å². The number of aliphatic hydroxyl groups excluding tert-OH is 1. The first-order valence-electron chi connectivity index (χ1n) is 5.11. The molecule has 0 fully saturated rings. The molecule has 0 rings (SSSR count). The molecule has 0 spiro atoms. The minimum absolute atomic E-state index is 0.126. The zero-order valence-electron chi connectivity index (χ0n) is 10.3. The van der Waals surface area contributed by atoms with Gasteiger partial charge in [-0.2, -0.15) is 0 Å². The van der Waals surface area contributed by atoms with Crippen LogP contribution >= 0.6 is 0 Å². The number of aliphatic hydroxyl groups is 1. The van der Waals surface area contributed by atoms with Crippen LogP contribution in [-0.4, -0.2) is 26.6 Å². The highest BCUT2D eigenvalue weighted by Crippen LogP contribution is 2.36. The standard InChI is InChI=1S/C11H24O2Si/c1-10(9-12)7-8-13-14(5,6)11(2,3)4/h7,12H,8-9H2,1-6H3/b10-7+. The number of hydrogen-bond donors (Lipinski definition) is 1. The fourth-order valence-electron chi connectivity index (χ4n) is 0.673. The Morgan fingerprint density at radius 2 is 1.86 bits per heavy atom. The summed E-state index contributed by atoms with van der Waals surface area (Å²) >= 11 is 0. The van der Waals surface area contributed by atoms with Crippen LogP contribution in [0.3, 0.4) is 0 Å². The van der Waals surface area contributed by atoms with Crippen LogP contribution in [0.1, 0.15) is 27.7 Å². The van der Waals surface area contributed by atoms with Crippen LogP contribution < -0.4 is 0 Å². The molecular formula is C11H24O2Si. The van der Waals surface area contributed by atoms with Crippen molar-refractivity contribution in [3.05, 3.63) is 11.6 Å². The molecule has 0 aliphatic heterocycles. The van der Waals surface area contributed by atoms with E-state index < -0.39 is 8.32 Å². The van der Waals surface area contributed by atoms with E-state index in [1.807, 2.05) is 13.0 Å². The van der Waals surface area contributed by atoms with E-state index >= 15 is 0 Å². The normalized spacial score (nSPS) is 14.6. The molecule has 1 N–H and O–H groups in total. The fraction of sp³-hybridized carbons (Fsp3) is 0.818. The number of rotatable bonds is 4. The average Bonchev–Trinajstić information content (AvgIpc) is 2.01. The van der Waals surface area contributed by atoms with E-state index in [0.29, 0.717) is 6.61 Å². The van der Waals surface area contributed by atoms with Crippen molar-refractivity contribution in [3.8, 4) is 0 Å². The first kappa shape index (κ1) is 13.9. The van der Waals surface area contributed by atoms with Crippen LogP contribution in [0.15, 0.2) is 11.6 Å². The van der Waals surface area contributed by atoms with Crippen molar-refractivity contribution >= 4 is 8.32 Å². The van der Waals surface area contributed by atoms with E-state index in [0.717, 1.165) is 5.57 Å². The van der Waals surface area contributed by atoms with Crippen molar-refractivity contribution in [2.24, 2.45) is 0 Å². The lowest BCUT2D eigenvalue weighted by Crippen LogP contribution is -2.40. The molecule has 0 atom stereocenters. The zero-order valence-corrected chi connectivity index (χ0v) is 11.3. The highest BCUT2D eigenvalue weighted by Gasteiger charge is 2.36. The predicted molar refractivity (Wildman–Crippen MR) is 64.0 cm³/mol. The molecule has 84 valence electrons. The van der Waals surface area contributed by atoms with Gasteiger partial charge in [0.05, 0.1) is 13.2 Å². The third kappa shape index (κ3) is 4.40. The molecule has 0 bridgehead atoms. The van der Waals surface area contributed by atoms with Crippen LogP contribution in [0.2, 0.25) is 18.1 Å². The van der Waals surface area contributed by atoms with Gasteiger partial charge in [-0.1, -0.05) is 26.8 Å². The molecule has 0 heterocycles. The topological polar surface area (TPSA) is 29.5 Å². The fourth-order valence-corrected chi connectivity index (χ4v) is 1.61. The highest BCUT2D eigenvalue weighted by atomic mass is 28.4. The van der Waals surface area contributed by atoms with Gasteiger partial charge in [-0.05, 0) is 30.6 Å². The maximum atomic E-state index is 8.81. The van der Waals surface area contributed by atoms with Crippen molar-refractivity contribution in [1.82, 2.24) is 0 Å². The highest BCUT2D eigenvalue weighted by molar-refractivity contribution is 6.74. The SMILES string of the molecule is C/C(=C\CO[Si](C)(C)C(C)(C)C)CO. The Morgan fingerprint density at radius 1 is 1.36 bits per heavy atom. The molecule has 0 aromatic carbocycles. The van der Waals surface area contributed by atoms with Crippen LogP contribution in [-0.2, 0) is 4.43 Å². The molecule has 3 heteroatoms. The number of hydrogen-bond acceptors (Lipinski definition) is 2. The lowest BCUT2D eigenvalue weighted by molar-refractivity contribution is 0.314. The van der Waals surface area contributed by atoms with Crippen LogP contribution in [0.4, 0.5) is 0 Å². The largest absolute Gasteiger partial charge is 0.413 e. The van der Waals surface area contributed by atoms with Gasteiger partial charge in [-0.3, -0.25) is 0 Å². The van der Waals surface area contributed by atoms with Crippen molar-refractivity contribution in [2.45, 2.75) is 45.8 Å². The predicted octanol–water partition coefficient (Wildman–Crippen LogP) is 2.95. The van der Waals surface area contributed by atoms with Gasteiger partial charge in [0.1, 0.15) is 0 Å². The molecule has 0 saturated heterocycles. The second-order valence-corrected chi connectivity index (χ2v) is 10.1. The van der Waals surface area contributed by atoms with E-state index in [2.05, 4.69) is 33.9 Å². The Kier molecular flexibility index (Phi) is 5.05. The zero-order chi connectivity index (χ0) is 11.4. The monoisotopic (exact) mass is 216 g/mol. The summed E-state index contributed by atoms with van der Waals surface area (Å²) in [6, 6.07) is 0. The molecule has 0 radical (unpaired) electrons. The van der Waals surface area contributed by atoms with E-state index in [-0.39, 0.29) is 11.6 Å². The van der Waals surface area contributed by atoms with E-state index in [1.54, 1.807) is 0 Å². The van der Waals surface area contributed by atoms with Crippen LogP contribution in [0, 0.1) is 0 Å². The molecule has 0 aliphatic rings. The maximum absolute atomic E-state index is 8.81. The lowest BCUT2D eigenvalue weighted by Gasteiger charge is -2.35. The molecule has 0 aromatic heterocycles. The van der Waals surface area contributed by atoms with E-state index in [1.165, 1.54) is 0 Å². The summed E-state index contributed by atoms with van der Waals surface area (Å²) in [4.78, 5) is 0. The Morgan fingerprint density at radius 3 is 2.21 bits per heavy atom. The van der Waals surface area contributed by atoms with Crippen molar-refractivity contribution in [1.29, 1.82) is 0 Å². The molecule has 2 nitrogen and oxygen atoms in total. The Balaban J connectivity index is 4.14. The molecule has 0 aliphatic carbocycles. The lowest BCUT2D eigenvalue weighted by atomic mass is 10.2. The van der Waals surface area contributed by atoms with Gasteiger partial charge in [-0.15, -0.1) is 0 Å². The molecule has 0 aromatic rings. The second kappa shape index (κ2) is 5.10. The molecular weight excluding hydrogens is 192 g/mol. The second-order valence-electron chi connectivity index (χ2n) is 5.28. The minimum atomic E-state index is -1.61. The Bertz CT molecular complexity index is 202.